The summed E-state index contributed by atoms with van der Waals surface area (Å²) >= 11 is 0. The van der Waals surface area contributed by atoms with E-state index in [0.29, 0.717) is 23.6 Å². The molecule has 3 heterocycles. The Bertz CT molecular complexity index is 1190. The molecule has 5 rings (SSSR count). The maximum atomic E-state index is 12.9. The molecule has 2 aliphatic rings. The molecule has 3 aromatic rings. The van der Waals surface area contributed by atoms with Gasteiger partial charge in [0.1, 0.15) is 19.2 Å². The van der Waals surface area contributed by atoms with Crippen molar-refractivity contribution < 1.29 is 24.2 Å². The van der Waals surface area contributed by atoms with E-state index in [2.05, 4.69) is 20.3 Å². The molecule has 1 aliphatic heterocycles. The number of carbonyl (C=O) groups excluding carboxylic acids is 2. The van der Waals surface area contributed by atoms with Gasteiger partial charge in [0, 0.05) is 12.6 Å². The third-order valence-electron chi connectivity index (χ3n) is 6.41. The van der Waals surface area contributed by atoms with Gasteiger partial charge in [-0.15, -0.1) is 0 Å². The first-order chi connectivity index (χ1) is 17.6. The number of amides is 1. The molecule has 1 aliphatic carbocycles. The predicted octanol–water partition coefficient (Wildman–Crippen LogP) is 1.71. The van der Waals surface area contributed by atoms with Crippen LogP contribution in [0.5, 0.6) is 0 Å². The number of aliphatic hydroxyl groups excluding tert-OH is 1. The van der Waals surface area contributed by atoms with Gasteiger partial charge in [-0.25, -0.2) is 19.7 Å². The maximum Gasteiger partial charge on any atom is 0.331 e. The van der Waals surface area contributed by atoms with Crippen molar-refractivity contribution in [2.45, 2.75) is 57.0 Å². The molecule has 1 amide bonds. The van der Waals surface area contributed by atoms with E-state index in [1.165, 1.54) is 6.33 Å². The minimum Gasteiger partial charge on any atom is -0.459 e. The van der Waals surface area contributed by atoms with Gasteiger partial charge in [-0.3, -0.25) is 9.36 Å². The minimum atomic E-state index is -1.16. The van der Waals surface area contributed by atoms with Crippen LogP contribution in [0.1, 0.15) is 43.9 Å². The minimum absolute atomic E-state index is 0.0357. The number of imidazole rings is 1. The molecule has 2 aromatic heterocycles. The van der Waals surface area contributed by atoms with E-state index >= 15 is 0 Å². The molecule has 36 heavy (non-hydrogen) atoms. The van der Waals surface area contributed by atoms with Gasteiger partial charge in [0.25, 0.3) is 0 Å². The monoisotopic (exact) mass is 494 g/mol. The number of esters is 1. The lowest BCUT2D eigenvalue weighted by Gasteiger charge is -2.25. The normalized spacial score (nSPS) is 18.5. The number of benzene rings is 1. The van der Waals surface area contributed by atoms with Crippen LogP contribution in [0.2, 0.25) is 0 Å². The molecule has 11 nitrogen and oxygen atoms in total. The molecule has 0 radical (unpaired) electrons. The summed E-state index contributed by atoms with van der Waals surface area (Å²) in [6, 6.07) is 8.20. The standard InChI is InChI=1S/C25H30N6O5/c32-13-19(25(34)36-14-17-6-2-1-3-7-17)29-20(33)12-30(18-9-10-18)23-22-24(27-15-26-23)31(16-28-22)21-8-4-5-11-35-21/h1-3,6-7,15-16,18-19,21,32H,4-5,8-14H2,(H,29,33)/t19-,21?/m0/s1. The summed E-state index contributed by atoms with van der Waals surface area (Å²) < 4.78 is 13.1. The quantitative estimate of drug-likeness (QED) is 0.404. The van der Waals surface area contributed by atoms with Crippen LogP contribution in [0, 0.1) is 0 Å². The molecule has 0 bridgehead atoms. The molecule has 11 heteroatoms. The number of rotatable bonds is 10. The van der Waals surface area contributed by atoms with Gasteiger partial charge in [-0.1, -0.05) is 30.3 Å². The fraction of sp³-hybridized carbons (Fsp3) is 0.480. The lowest BCUT2D eigenvalue weighted by Crippen LogP contribution is -2.48. The highest BCUT2D eigenvalue weighted by Crippen LogP contribution is 2.34. The number of nitrogens with one attached hydrogen (secondary N) is 1. The van der Waals surface area contributed by atoms with E-state index in [0.717, 1.165) is 37.7 Å². The van der Waals surface area contributed by atoms with Crippen molar-refractivity contribution in [1.82, 2.24) is 24.8 Å². The van der Waals surface area contributed by atoms with E-state index in [-0.39, 0.29) is 25.4 Å². The van der Waals surface area contributed by atoms with E-state index < -0.39 is 24.5 Å². The van der Waals surface area contributed by atoms with Crippen molar-refractivity contribution >= 4 is 28.9 Å². The number of carbonyl (C=O) groups is 2. The van der Waals surface area contributed by atoms with Crippen LogP contribution in [0.3, 0.4) is 0 Å². The molecule has 2 atom stereocenters. The first-order valence-electron chi connectivity index (χ1n) is 12.3. The Morgan fingerprint density at radius 3 is 2.72 bits per heavy atom. The number of ether oxygens (including phenoxy) is 2. The number of aromatic nitrogens is 4. The van der Waals surface area contributed by atoms with Crippen molar-refractivity contribution in [3.8, 4) is 0 Å². The number of fused-ring (bicyclic) bond motifs is 1. The Hall–Kier alpha value is -3.57. The third kappa shape index (κ3) is 5.47. The summed E-state index contributed by atoms with van der Waals surface area (Å²) in [7, 11) is 0. The van der Waals surface area contributed by atoms with Crippen molar-refractivity contribution in [3.63, 3.8) is 0 Å². The fourth-order valence-electron chi connectivity index (χ4n) is 4.37. The van der Waals surface area contributed by atoms with Crippen molar-refractivity contribution in [1.29, 1.82) is 0 Å². The lowest BCUT2D eigenvalue weighted by molar-refractivity contribution is -0.150. The van der Waals surface area contributed by atoms with E-state index in [4.69, 9.17) is 9.47 Å². The topological polar surface area (TPSA) is 132 Å². The second-order valence-electron chi connectivity index (χ2n) is 9.10. The van der Waals surface area contributed by atoms with Gasteiger partial charge in [0.15, 0.2) is 23.0 Å². The Morgan fingerprint density at radius 1 is 1.17 bits per heavy atom. The molecular formula is C25H30N6O5. The molecule has 1 saturated carbocycles. The number of aliphatic hydroxyl groups is 1. The molecular weight excluding hydrogens is 464 g/mol. The largest absolute Gasteiger partial charge is 0.459 e. The first-order valence-corrected chi connectivity index (χ1v) is 12.3. The number of anilines is 1. The van der Waals surface area contributed by atoms with Crippen LogP contribution >= 0.6 is 0 Å². The van der Waals surface area contributed by atoms with Gasteiger partial charge < -0.3 is 24.8 Å². The highest BCUT2D eigenvalue weighted by Gasteiger charge is 2.34. The average Bonchev–Trinajstić information content (AvgIpc) is 3.67. The van der Waals surface area contributed by atoms with Gasteiger partial charge in [-0.05, 0) is 37.7 Å². The highest BCUT2D eigenvalue weighted by molar-refractivity contribution is 5.90. The summed E-state index contributed by atoms with van der Waals surface area (Å²) in [6.45, 7) is 0.168. The Kier molecular flexibility index (Phi) is 7.38. The van der Waals surface area contributed by atoms with E-state index in [9.17, 15) is 14.7 Å². The van der Waals surface area contributed by atoms with Crippen LogP contribution in [-0.4, -0.2) is 68.3 Å². The third-order valence-corrected chi connectivity index (χ3v) is 6.41. The molecule has 0 spiro atoms. The van der Waals surface area contributed by atoms with E-state index in [1.54, 1.807) is 6.33 Å². The van der Waals surface area contributed by atoms with Gasteiger partial charge in [0.2, 0.25) is 5.91 Å². The van der Waals surface area contributed by atoms with Crippen molar-refractivity contribution in [2.24, 2.45) is 0 Å². The maximum absolute atomic E-state index is 12.9. The summed E-state index contributed by atoms with van der Waals surface area (Å²) in [4.78, 5) is 40.7. The summed E-state index contributed by atoms with van der Waals surface area (Å²) in [5.41, 5.74) is 2.09. The first kappa shape index (κ1) is 24.1. The molecule has 1 aromatic carbocycles. The zero-order valence-corrected chi connectivity index (χ0v) is 20.0. The van der Waals surface area contributed by atoms with Crippen molar-refractivity contribution in [2.75, 3.05) is 24.7 Å². The fourth-order valence-corrected chi connectivity index (χ4v) is 4.37. The summed E-state index contributed by atoms with van der Waals surface area (Å²) in [5, 5.41) is 12.3. The number of nitrogens with zero attached hydrogens (tertiary/aromatic N) is 5. The molecule has 2 N–H and O–H groups in total. The van der Waals surface area contributed by atoms with Gasteiger partial charge in [-0.2, -0.15) is 0 Å². The Labute approximate surface area is 208 Å². The van der Waals surface area contributed by atoms with Crippen LogP contribution in [-0.2, 0) is 25.7 Å². The predicted molar refractivity (Wildman–Crippen MR) is 130 cm³/mol. The Morgan fingerprint density at radius 2 is 2.00 bits per heavy atom. The zero-order chi connectivity index (χ0) is 24.9. The average molecular weight is 495 g/mol. The number of hydrogen-bond donors (Lipinski definition) is 2. The number of hydrogen-bond acceptors (Lipinski definition) is 9. The summed E-state index contributed by atoms with van der Waals surface area (Å²) in [5.74, 6) is -0.540. The molecule has 2 fully saturated rings. The van der Waals surface area contributed by atoms with Gasteiger partial charge >= 0.3 is 5.97 Å². The molecule has 190 valence electrons. The van der Waals surface area contributed by atoms with Gasteiger partial charge in [0.05, 0.1) is 19.5 Å². The Balaban J connectivity index is 1.27. The van der Waals surface area contributed by atoms with Crippen LogP contribution in [0.4, 0.5) is 5.82 Å². The molecule has 1 saturated heterocycles. The summed E-state index contributed by atoms with van der Waals surface area (Å²) in [6.07, 6.45) is 7.94. The van der Waals surface area contributed by atoms with Crippen LogP contribution in [0.15, 0.2) is 43.0 Å². The molecule has 1 unspecified atom stereocenters. The van der Waals surface area contributed by atoms with E-state index in [1.807, 2.05) is 39.8 Å². The SMILES string of the molecule is O=C(CN(c1ncnc2c1ncn2C1CCCCO1)C1CC1)N[C@@H](CO)C(=O)OCc1ccccc1. The second kappa shape index (κ2) is 11.0. The highest BCUT2D eigenvalue weighted by atomic mass is 16.5. The lowest BCUT2D eigenvalue weighted by atomic mass is 10.2. The zero-order valence-electron chi connectivity index (χ0n) is 20.0. The smallest absolute Gasteiger partial charge is 0.331 e. The second-order valence-corrected chi connectivity index (χ2v) is 9.10. The van der Waals surface area contributed by atoms with Crippen LogP contribution < -0.4 is 10.2 Å². The van der Waals surface area contributed by atoms with Crippen LogP contribution in [0.25, 0.3) is 11.2 Å². The van der Waals surface area contributed by atoms with Crippen molar-refractivity contribution in [3.05, 3.63) is 48.5 Å².